The molecule has 2 aromatic carbocycles. The minimum Gasteiger partial charge on any atom is -0.291 e. The van der Waals surface area contributed by atoms with E-state index in [1.54, 1.807) is 28.6 Å². The van der Waals surface area contributed by atoms with Crippen molar-refractivity contribution >= 4 is 21.6 Å². The molecule has 0 aromatic heterocycles. The molecule has 0 atom stereocenters. The van der Waals surface area contributed by atoms with Crippen LogP contribution in [0.1, 0.15) is 18.4 Å². The van der Waals surface area contributed by atoms with E-state index in [9.17, 15) is 8.42 Å². The fraction of sp³-hybridized carbons (Fsp3) is 0.368. The molecule has 1 heterocycles. The van der Waals surface area contributed by atoms with Gasteiger partial charge < -0.3 is 0 Å². The van der Waals surface area contributed by atoms with Gasteiger partial charge >= 0.3 is 0 Å². The summed E-state index contributed by atoms with van der Waals surface area (Å²) in [5, 5.41) is 0.291. The number of piperazine rings is 1. The molecular formula is C19H21ClN2O2S. The molecule has 4 rings (SSSR count). The molecule has 4 nitrogen and oxygen atoms in total. The summed E-state index contributed by atoms with van der Waals surface area (Å²) < 4.78 is 27.6. The Morgan fingerprint density at radius 2 is 1.64 bits per heavy atom. The molecule has 1 aliphatic heterocycles. The van der Waals surface area contributed by atoms with E-state index < -0.39 is 10.0 Å². The highest BCUT2D eigenvalue weighted by molar-refractivity contribution is 7.89. The van der Waals surface area contributed by atoms with E-state index in [0.29, 0.717) is 18.1 Å². The zero-order valence-corrected chi connectivity index (χ0v) is 15.5. The second kappa shape index (κ2) is 6.40. The van der Waals surface area contributed by atoms with Crippen LogP contribution in [-0.4, -0.2) is 42.8 Å². The van der Waals surface area contributed by atoms with E-state index in [1.807, 2.05) is 18.2 Å². The van der Waals surface area contributed by atoms with Crippen molar-refractivity contribution in [3.8, 4) is 0 Å². The second-order valence-electron chi connectivity index (χ2n) is 6.90. The Balaban J connectivity index is 1.54. The summed E-state index contributed by atoms with van der Waals surface area (Å²) >= 11 is 6.13. The highest BCUT2D eigenvalue weighted by Crippen LogP contribution is 2.46. The van der Waals surface area contributed by atoms with Crippen LogP contribution in [0.25, 0.3) is 0 Å². The van der Waals surface area contributed by atoms with Crippen molar-refractivity contribution in [2.24, 2.45) is 0 Å². The third kappa shape index (κ3) is 3.22. The molecule has 2 aromatic rings. The van der Waals surface area contributed by atoms with Crippen LogP contribution < -0.4 is 0 Å². The maximum absolute atomic E-state index is 13.0. The van der Waals surface area contributed by atoms with Gasteiger partial charge in [-0.3, -0.25) is 4.90 Å². The summed E-state index contributed by atoms with van der Waals surface area (Å²) in [4.78, 5) is 2.66. The summed E-state index contributed by atoms with van der Waals surface area (Å²) in [6.07, 6.45) is 2.10. The number of halogens is 1. The van der Waals surface area contributed by atoms with Crippen LogP contribution in [0, 0.1) is 0 Å². The Morgan fingerprint density at radius 3 is 2.32 bits per heavy atom. The van der Waals surface area contributed by atoms with Crippen LogP contribution in [-0.2, 0) is 16.6 Å². The minimum atomic E-state index is -3.55. The van der Waals surface area contributed by atoms with Crippen molar-refractivity contribution in [3.63, 3.8) is 0 Å². The van der Waals surface area contributed by atoms with Gasteiger partial charge in [0.1, 0.15) is 4.90 Å². The third-order valence-corrected chi connectivity index (χ3v) is 7.60. The van der Waals surface area contributed by atoms with Gasteiger partial charge in [-0.2, -0.15) is 4.31 Å². The highest BCUT2D eigenvalue weighted by Gasteiger charge is 2.53. The van der Waals surface area contributed by atoms with Gasteiger partial charge in [-0.25, -0.2) is 8.42 Å². The van der Waals surface area contributed by atoms with Gasteiger partial charge in [0.2, 0.25) is 10.0 Å². The van der Waals surface area contributed by atoms with Crippen LogP contribution in [0.3, 0.4) is 0 Å². The monoisotopic (exact) mass is 376 g/mol. The number of rotatable bonds is 4. The molecular weight excluding hydrogens is 356 g/mol. The van der Waals surface area contributed by atoms with Crippen LogP contribution in [0.5, 0.6) is 0 Å². The fourth-order valence-corrected chi connectivity index (χ4v) is 5.65. The quantitative estimate of drug-likeness (QED) is 0.821. The lowest BCUT2D eigenvalue weighted by atomic mass is 10.1. The van der Waals surface area contributed by atoms with E-state index in [0.717, 1.165) is 25.9 Å². The van der Waals surface area contributed by atoms with Gasteiger partial charge in [0.25, 0.3) is 0 Å². The van der Waals surface area contributed by atoms with Gasteiger partial charge in [-0.1, -0.05) is 54.1 Å². The van der Waals surface area contributed by atoms with Crippen molar-refractivity contribution < 1.29 is 8.42 Å². The topological polar surface area (TPSA) is 40.6 Å². The lowest BCUT2D eigenvalue weighted by molar-refractivity contribution is 0.0931. The molecule has 0 bridgehead atoms. The molecule has 1 saturated carbocycles. The summed E-state index contributed by atoms with van der Waals surface area (Å²) in [6.45, 7) is 2.68. The van der Waals surface area contributed by atoms with Crippen LogP contribution in [0.4, 0.5) is 0 Å². The summed E-state index contributed by atoms with van der Waals surface area (Å²) in [5.41, 5.74) is 1.26. The molecule has 1 saturated heterocycles. The van der Waals surface area contributed by atoms with E-state index in [4.69, 9.17) is 11.6 Å². The Kier molecular flexibility index (Phi) is 4.36. The van der Waals surface area contributed by atoms with Gasteiger partial charge in [-0.05, 0) is 30.5 Å². The Morgan fingerprint density at radius 1 is 0.960 bits per heavy atom. The number of hydrogen-bond acceptors (Lipinski definition) is 3. The predicted octanol–water partition coefficient (Wildman–Crippen LogP) is 3.38. The zero-order chi connectivity index (χ0) is 17.5. The van der Waals surface area contributed by atoms with Crippen LogP contribution in [0.2, 0.25) is 5.02 Å². The molecule has 132 valence electrons. The number of nitrogens with zero attached hydrogens (tertiary/aromatic N) is 2. The average molecular weight is 377 g/mol. The Labute approximate surface area is 154 Å². The first-order chi connectivity index (χ1) is 12.0. The number of benzene rings is 2. The Hall–Kier alpha value is -1.40. The molecule has 2 aliphatic rings. The van der Waals surface area contributed by atoms with Crippen molar-refractivity contribution in [3.05, 3.63) is 65.2 Å². The van der Waals surface area contributed by atoms with Crippen molar-refractivity contribution in [1.29, 1.82) is 0 Å². The van der Waals surface area contributed by atoms with Crippen molar-refractivity contribution in [2.45, 2.75) is 29.8 Å². The Bertz CT molecular complexity index is 866. The number of hydrogen-bond donors (Lipinski definition) is 0. The van der Waals surface area contributed by atoms with Gasteiger partial charge in [0, 0.05) is 31.7 Å². The molecule has 2 fully saturated rings. The first kappa shape index (κ1) is 17.0. The standard InChI is InChI=1S/C19H21ClN2O2S/c20-17-8-4-5-9-18(17)25(23,24)22-13-12-21(19(15-22)10-11-19)14-16-6-2-1-3-7-16/h1-9H,10-15H2. The molecule has 1 aliphatic carbocycles. The molecule has 0 amide bonds. The highest BCUT2D eigenvalue weighted by atomic mass is 35.5. The molecule has 0 unspecified atom stereocenters. The maximum atomic E-state index is 13.0. The largest absolute Gasteiger partial charge is 0.291 e. The smallest absolute Gasteiger partial charge is 0.244 e. The molecule has 6 heteroatoms. The molecule has 1 spiro atoms. The van der Waals surface area contributed by atoms with Crippen LogP contribution in [0.15, 0.2) is 59.5 Å². The van der Waals surface area contributed by atoms with Crippen molar-refractivity contribution in [1.82, 2.24) is 9.21 Å². The van der Waals surface area contributed by atoms with Crippen molar-refractivity contribution in [2.75, 3.05) is 19.6 Å². The van der Waals surface area contributed by atoms with E-state index >= 15 is 0 Å². The zero-order valence-electron chi connectivity index (χ0n) is 13.9. The first-order valence-electron chi connectivity index (χ1n) is 8.55. The van der Waals surface area contributed by atoms with Gasteiger partial charge in [0.05, 0.1) is 5.02 Å². The summed E-state index contributed by atoms with van der Waals surface area (Å²) in [7, 11) is -3.55. The van der Waals surface area contributed by atoms with Gasteiger partial charge in [0.15, 0.2) is 0 Å². The minimum absolute atomic E-state index is 0.0115. The average Bonchev–Trinajstić information content (AvgIpc) is 3.38. The van der Waals surface area contributed by atoms with E-state index in [1.165, 1.54) is 5.56 Å². The normalized spacial score (nSPS) is 20.7. The lowest BCUT2D eigenvalue weighted by Crippen LogP contribution is -2.55. The summed E-state index contributed by atoms with van der Waals surface area (Å²) in [6, 6.07) is 17.1. The first-order valence-corrected chi connectivity index (χ1v) is 10.4. The molecule has 0 radical (unpaired) electrons. The molecule has 25 heavy (non-hydrogen) atoms. The SMILES string of the molecule is O=S(=O)(c1ccccc1Cl)N1CCN(Cc2ccccc2)C2(CC2)C1. The summed E-state index contributed by atoms with van der Waals surface area (Å²) in [5.74, 6) is 0. The maximum Gasteiger partial charge on any atom is 0.244 e. The van der Waals surface area contributed by atoms with Crippen LogP contribution >= 0.6 is 11.6 Å². The molecule has 0 N–H and O–H groups in total. The lowest BCUT2D eigenvalue weighted by Gasteiger charge is -2.41. The van der Waals surface area contributed by atoms with E-state index in [2.05, 4.69) is 17.0 Å². The van der Waals surface area contributed by atoms with Gasteiger partial charge in [-0.15, -0.1) is 0 Å². The number of sulfonamides is 1. The predicted molar refractivity (Wildman–Crippen MR) is 99.0 cm³/mol. The van der Waals surface area contributed by atoms with E-state index in [-0.39, 0.29) is 10.4 Å². The fourth-order valence-electron chi connectivity index (χ4n) is 3.64. The third-order valence-electron chi connectivity index (χ3n) is 5.26. The second-order valence-corrected chi connectivity index (χ2v) is 9.21.